The SMILES string of the molecule is Cc1cc(-c2cnccc2OC(C)C[C@H](C)Oc2ccncc2-c2cc(C)cc(-n3c4ccccc4c4ccccc43)c2O)c(O)c(-n2c3ccccc3c3ccccc32)c1. The second-order valence-corrected chi connectivity index (χ2v) is 15.9. The predicted molar refractivity (Wildman–Crippen MR) is 246 cm³/mol. The van der Waals surface area contributed by atoms with Crippen molar-refractivity contribution in [2.24, 2.45) is 0 Å². The first-order chi connectivity index (χ1) is 29.7. The van der Waals surface area contributed by atoms with Crippen molar-refractivity contribution in [2.45, 2.75) is 46.3 Å². The highest BCUT2D eigenvalue weighted by molar-refractivity contribution is 6.10. The lowest BCUT2D eigenvalue weighted by Crippen LogP contribution is -2.23. The van der Waals surface area contributed by atoms with Crippen LogP contribution in [0.4, 0.5) is 0 Å². The summed E-state index contributed by atoms with van der Waals surface area (Å²) in [4.78, 5) is 8.92. The quantitative estimate of drug-likeness (QED) is 0.143. The van der Waals surface area contributed by atoms with Gasteiger partial charge in [0.15, 0.2) is 0 Å². The predicted octanol–water partition coefficient (Wildman–Crippen LogP) is 12.7. The fourth-order valence-corrected chi connectivity index (χ4v) is 9.01. The van der Waals surface area contributed by atoms with Crippen LogP contribution in [-0.2, 0) is 0 Å². The Morgan fingerprint density at radius 1 is 0.475 bits per heavy atom. The van der Waals surface area contributed by atoms with Crippen LogP contribution in [0, 0.1) is 13.8 Å². The molecule has 1 unspecified atom stereocenters. The summed E-state index contributed by atoms with van der Waals surface area (Å²) in [7, 11) is 0. The van der Waals surface area contributed by atoms with Crippen molar-refractivity contribution in [1.29, 1.82) is 0 Å². The van der Waals surface area contributed by atoms with Gasteiger partial charge in [-0.3, -0.25) is 9.97 Å². The molecule has 8 heteroatoms. The summed E-state index contributed by atoms with van der Waals surface area (Å²) in [5.74, 6) is 1.50. The van der Waals surface area contributed by atoms with Crippen LogP contribution in [-0.4, -0.2) is 41.5 Å². The summed E-state index contributed by atoms with van der Waals surface area (Å²) in [6.45, 7) is 8.10. The van der Waals surface area contributed by atoms with E-state index in [1.807, 2.05) is 113 Å². The third-order valence-electron chi connectivity index (χ3n) is 11.6. The van der Waals surface area contributed by atoms with E-state index in [4.69, 9.17) is 9.47 Å². The number of hydrogen-bond acceptors (Lipinski definition) is 6. The number of fused-ring (bicyclic) bond motifs is 6. The zero-order valence-electron chi connectivity index (χ0n) is 34.4. The fraction of sp³-hybridized carbons (Fsp3) is 0.132. The highest BCUT2D eigenvalue weighted by atomic mass is 16.5. The maximum Gasteiger partial charge on any atom is 0.147 e. The minimum Gasteiger partial charge on any atom is -0.505 e. The monoisotopic (exact) mass is 800 g/mol. The molecule has 8 nitrogen and oxygen atoms in total. The van der Waals surface area contributed by atoms with E-state index in [0.717, 1.165) is 54.7 Å². The number of aromatic hydroxyl groups is 2. The molecule has 300 valence electrons. The van der Waals surface area contributed by atoms with Crippen LogP contribution in [0.2, 0.25) is 0 Å². The van der Waals surface area contributed by atoms with Crippen LogP contribution in [0.25, 0.3) is 77.2 Å². The average Bonchev–Trinajstić information content (AvgIpc) is 3.78. The summed E-state index contributed by atoms with van der Waals surface area (Å²) in [5.41, 5.74) is 10.1. The Kier molecular flexibility index (Phi) is 9.40. The Hall–Kier alpha value is -7.58. The number of nitrogens with zero attached hydrogens (tertiary/aromatic N) is 4. The number of hydrogen-bond donors (Lipinski definition) is 2. The van der Waals surface area contributed by atoms with Crippen molar-refractivity contribution < 1.29 is 19.7 Å². The normalized spacial score (nSPS) is 12.7. The van der Waals surface area contributed by atoms with E-state index in [1.165, 1.54) is 0 Å². The number of rotatable bonds is 10. The number of aryl methyl sites for hydroxylation is 2. The first-order valence-corrected chi connectivity index (χ1v) is 20.6. The average molecular weight is 801 g/mol. The summed E-state index contributed by atoms with van der Waals surface area (Å²) < 4.78 is 17.6. The summed E-state index contributed by atoms with van der Waals surface area (Å²) >= 11 is 0. The third kappa shape index (κ3) is 6.57. The molecule has 0 aliphatic rings. The van der Waals surface area contributed by atoms with Gasteiger partial charge in [0.25, 0.3) is 0 Å². The molecule has 10 rings (SSSR count). The molecular formula is C53H44N4O4. The summed E-state index contributed by atoms with van der Waals surface area (Å²) in [5, 5.41) is 28.7. The minimum absolute atomic E-state index is 0.144. The summed E-state index contributed by atoms with van der Waals surface area (Å²) in [6.07, 6.45) is 6.89. The van der Waals surface area contributed by atoms with E-state index < -0.39 is 0 Å². The lowest BCUT2D eigenvalue weighted by atomic mass is 10.0. The number of para-hydroxylation sites is 4. The number of pyridine rings is 2. The maximum absolute atomic E-state index is 12.1. The van der Waals surface area contributed by atoms with Crippen molar-refractivity contribution in [1.82, 2.24) is 19.1 Å². The molecule has 0 amide bonds. The lowest BCUT2D eigenvalue weighted by molar-refractivity contribution is 0.131. The number of phenols is 2. The van der Waals surface area contributed by atoms with Gasteiger partial charge >= 0.3 is 0 Å². The molecule has 2 atom stereocenters. The van der Waals surface area contributed by atoms with Crippen molar-refractivity contribution in [3.05, 3.63) is 169 Å². The first kappa shape index (κ1) is 37.7. The fourth-order valence-electron chi connectivity index (χ4n) is 9.01. The van der Waals surface area contributed by atoms with Gasteiger partial charge in [0.2, 0.25) is 0 Å². The Balaban J connectivity index is 0.936. The molecule has 10 aromatic rings. The largest absolute Gasteiger partial charge is 0.505 e. The molecule has 0 aliphatic heterocycles. The zero-order valence-corrected chi connectivity index (χ0v) is 34.4. The van der Waals surface area contributed by atoms with Crippen LogP contribution in [0.5, 0.6) is 23.0 Å². The van der Waals surface area contributed by atoms with Gasteiger partial charge in [-0.2, -0.15) is 0 Å². The second kappa shape index (κ2) is 15.2. The molecule has 0 spiro atoms. The molecule has 2 N–H and O–H groups in total. The van der Waals surface area contributed by atoms with Gasteiger partial charge in [0.05, 0.1) is 45.6 Å². The topological polar surface area (TPSA) is 94.6 Å². The highest BCUT2D eigenvalue weighted by Crippen LogP contribution is 2.45. The minimum atomic E-state index is -0.278. The van der Waals surface area contributed by atoms with Crippen LogP contribution in [0.1, 0.15) is 31.4 Å². The van der Waals surface area contributed by atoms with Gasteiger partial charge in [-0.15, -0.1) is 0 Å². The highest BCUT2D eigenvalue weighted by Gasteiger charge is 2.24. The van der Waals surface area contributed by atoms with Gasteiger partial charge in [0.1, 0.15) is 23.0 Å². The molecular weight excluding hydrogens is 757 g/mol. The molecule has 0 aliphatic carbocycles. The Bertz CT molecular complexity index is 2970. The van der Waals surface area contributed by atoms with E-state index >= 15 is 0 Å². The molecule has 0 fully saturated rings. The number of ether oxygens (including phenoxy) is 2. The van der Waals surface area contributed by atoms with Crippen molar-refractivity contribution in [3.63, 3.8) is 0 Å². The van der Waals surface area contributed by atoms with E-state index in [2.05, 4.69) is 67.6 Å². The number of phenolic OH excluding ortho intramolecular Hbond substituents is 2. The maximum atomic E-state index is 12.1. The molecule has 4 heterocycles. The molecule has 0 bridgehead atoms. The van der Waals surface area contributed by atoms with Gasteiger partial charge < -0.3 is 28.8 Å². The van der Waals surface area contributed by atoms with E-state index in [1.54, 1.807) is 24.8 Å². The molecule has 4 aromatic heterocycles. The molecule has 0 saturated carbocycles. The van der Waals surface area contributed by atoms with Crippen molar-refractivity contribution in [2.75, 3.05) is 0 Å². The van der Waals surface area contributed by atoms with Crippen LogP contribution in [0.15, 0.2) is 158 Å². The van der Waals surface area contributed by atoms with Crippen molar-refractivity contribution >= 4 is 43.6 Å². The number of aromatic nitrogens is 4. The van der Waals surface area contributed by atoms with E-state index in [-0.39, 0.29) is 23.7 Å². The molecule has 0 saturated heterocycles. The van der Waals surface area contributed by atoms with Crippen LogP contribution in [0.3, 0.4) is 0 Å². The molecule has 0 radical (unpaired) electrons. The molecule has 6 aromatic carbocycles. The van der Waals surface area contributed by atoms with Gasteiger partial charge in [-0.1, -0.05) is 72.8 Å². The van der Waals surface area contributed by atoms with Crippen molar-refractivity contribution in [3.8, 4) is 56.6 Å². The summed E-state index contributed by atoms with van der Waals surface area (Å²) in [6, 6.07) is 44.8. The smallest absolute Gasteiger partial charge is 0.147 e. The van der Waals surface area contributed by atoms with Gasteiger partial charge in [-0.25, -0.2) is 0 Å². The lowest BCUT2D eigenvalue weighted by Gasteiger charge is -2.23. The molecule has 61 heavy (non-hydrogen) atoms. The Labute approximate surface area is 353 Å². The Morgan fingerprint density at radius 3 is 1.18 bits per heavy atom. The second-order valence-electron chi connectivity index (χ2n) is 15.9. The van der Waals surface area contributed by atoms with E-state index in [9.17, 15) is 10.2 Å². The number of benzene rings is 6. The third-order valence-corrected chi connectivity index (χ3v) is 11.6. The Morgan fingerprint density at radius 2 is 0.820 bits per heavy atom. The standard InChI is InChI=1S/C53H44N4O4/c1-32-25-40(52(58)48(27-32)56-44-17-9-5-13-36(44)37-14-6-10-18-45(37)56)42-30-54-23-21-50(42)60-34(3)29-35(4)61-51-22-24-55-31-43(51)41-26-33(2)28-49(53(41)59)57-46-19-11-7-15-38(46)39-16-8-12-20-47(39)57/h5-28,30-31,34-35,58-59H,29H2,1-4H3/t34-,35?/m0/s1. The van der Waals surface area contributed by atoms with Gasteiger partial charge in [0, 0.05) is 75.0 Å². The zero-order chi connectivity index (χ0) is 41.8. The van der Waals surface area contributed by atoms with Crippen LogP contribution < -0.4 is 9.47 Å². The first-order valence-electron chi connectivity index (χ1n) is 20.6. The van der Waals surface area contributed by atoms with E-state index in [0.29, 0.717) is 51.5 Å². The van der Waals surface area contributed by atoms with Gasteiger partial charge in [-0.05, 0) is 99.5 Å². The van der Waals surface area contributed by atoms with Crippen LogP contribution >= 0.6 is 0 Å².